The lowest BCUT2D eigenvalue weighted by Crippen LogP contribution is -2.43. The van der Waals surface area contributed by atoms with E-state index < -0.39 is 12.0 Å². The Bertz CT molecular complexity index is 995. The summed E-state index contributed by atoms with van der Waals surface area (Å²) in [5.41, 5.74) is 7.12. The van der Waals surface area contributed by atoms with Crippen molar-refractivity contribution in [1.82, 2.24) is 24.4 Å². The maximum absolute atomic E-state index is 11.6. The Morgan fingerprint density at radius 2 is 2.00 bits per heavy atom. The molecule has 2 aliphatic heterocycles. The molecule has 0 saturated carbocycles. The first-order valence-electron chi connectivity index (χ1n) is 12.0. The van der Waals surface area contributed by atoms with E-state index in [0.29, 0.717) is 42.6 Å². The zero-order chi connectivity index (χ0) is 24.5. The van der Waals surface area contributed by atoms with Gasteiger partial charge in [0.15, 0.2) is 23.5 Å². The highest BCUT2D eigenvalue weighted by molar-refractivity contribution is 5.81. The molecule has 0 spiro atoms. The number of rotatable bonds is 10. The number of carbonyl (C=O) groups is 1. The molecule has 11 nitrogen and oxygen atoms in total. The molecular weight excluding hydrogens is 440 g/mol. The normalized spacial score (nSPS) is 26.0. The highest BCUT2D eigenvalue weighted by Gasteiger charge is 2.56. The van der Waals surface area contributed by atoms with Crippen LogP contribution in [0.2, 0.25) is 0 Å². The highest BCUT2D eigenvalue weighted by Crippen LogP contribution is 2.44. The molecule has 2 N–H and O–H groups in total. The van der Waals surface area contributed by atoms with Crippen LogP contribution in [0.15, 0.2) is 12.7 Å². The Labute approximate surface area is 199 Å². The van der Waals surface area contributed by atoms with Gasteiger partial charge in [0.25, 0.3) is 0 Å². The minimum Gasteiger partial charge on any atom is -0.466 e. The lowest BCUT2D eigenvalue weighted by Gasteiger charge is -2.31. The number of nitrogens with two attached hydrogens (primary N) is 1. The van der Waals surface area contributed by atoms with Crippen LogP contribution in [0, 0.1) is 0 Å². The van der Waals surface area contributed by atoms with E-state index in [1.807, 2.05) is 25.3 Å². The predicted octanol–water partition coefficient (Wildman–Crippen LogP) is 2.27. The number of hydrogen-bond donors (Lipinski definition) is 1. The van der Waals surface area contributed by atoms with E-state index in [9.17, 15) is 4.79 Å². The summed E-state index contributed by atoms with van der Waals surface area (Å²) in [6.45, 7) is 11.9. The van der Waals surface area contributed by atoms with Crippen LogP contribution >= 0.6 is 0 Å². The van der Waals surface area contributed by atoms with Crippen molar-refractivity contribution in [3.8, 4) is 0 Å². The molecule has 0 aromatic carbocycles. The fourth-order valence-electron chi connectivity index (χ4n) is 4.70. The number of nitrogens with zero attached hydrogens (tertiary/aromatic N) is 5. The van der Waals surface area contributed by atoms with Crippen LogP contribution < -0.4 is 5.73 Å². The van der Waals surface area contributed by atoms with Crippen molar-refractivity contribution in [2.45, 2.75) is 90.2 Å². The Morgan fingerprint density at radius 1 is 1.24 bits per heavy atom. The second-order valence-electron chi connectivity index (χ2n) is 9.56. The van der Waals surface area contributed by atoms with Crippen molar-refractivity contribution in [3.63, 3.8) is 0 Å². The number of unbranched alkanes of at least 4 members (excludes halogenated alkanes) is 1. The van der Waals surface area contributed by atoms with E-state index in [0.717, 1.165) is 19.4 Å². The molecule has 2 aromatic heterocycles. The highest BCUT2D eigenvalue weighted by atomic mass is 16.8. The summed E-state index contributed by atoms with van der Waals surface area (Å²) in [7, 11) is 0. The third kappa shape index (κ3) is 5.17. The largest absolute Gasteiger partial charge is 0.466 e. The Hall–Kier alpha value is -2.34. The van der Waals surface area contributed by atoms with E-state index in [1.54, 1.807) is 6.33 Å². The number of carbonyl (C=O) groups excluding carboxylic acids is 1. The first kappa shape index (κ1) is 24.8. The van der Waals surface area contributed by atoms with Crippen molar-refractivity contribution in [3.05, 3.63) is 12.7 Å². The number of anilines is 1. The van der Waals surface area contributed by atoms with Gasteiger partial charge in [0, 0.05) is 19.0 Å². The molecule has 2 aliphatic rings. The number of aromatic nitrogens is 4. The fourth-order valence-corrected chi connectivity index (χ4v) is 4.70. The van der Waals surface area contributed by atoms with Gasteiger partial charge in [-0.05, 0) is 54.0 Å². The second kappa shape index (κ2) is 10.1. The first-order valence-corrected chi connectivity index (χ1v) is 12.0. The molecule has 0 unspecified atom stereocenters. The van der Waals surface area contributed by atoms with Crippen LogP contribution in [-0.4, -0.2) is 80.2 Å². The van der Waals surface area contributed by atoms with Gasteiger partial charge >= 0.3 is 5.97 Å². The van der Waals surface area contributed by atoms with Crippen molar-refractivity contribution < 1.29 is 23.7 Å². The van der Waals surface area contributed by atoms with E-state index in [-0.39, 0.29) is 24.3 Å². The topological polar surface area (TPSA) is 127 Å². The minimum atomic E-state index is -0.720. The molecular formula is C23H36N6O5. The molecule has 188 valence electrons. The van der Waals surface area contributed by atoms with E-state index in [1.165, 1.54) is 6.33 Å². The Balaban J connectivity index is 1.47. The van der Waals surface area contributed by atoms with Gasteiger partial charge in [-0.25, -0.2) is 15.0 Å². The molecule has 4 rings (SSSR count). The van der Waals surface area contributed by atoms with Crippen molar-refractivity contribution in [1.29, 1.82) is 0 Å². The predicted molar refractivity (Wildman–Crippen MR) is 125 cm³/mol. The summed E-state index contributed by atoms with van der Waals surface area (Å²) in [6.07, 6.45) is 4.01. The number of esters is 1. The average molecular weight is 477 g/mol. The van der Waals surface area contributed by atoms with Gasteiger partial charge in [-0.1, -0.05) is 0 Å². The first-order chi connectivity index (χ1) is 16.2. The number of imidazole rings is 1. The van der Waals surface area contributed by atoms with Crippen LogP contribution in [0.5, 0.6) is 0 Å². The maximum Gasteiger partial charge on any atom is 0.305 e. The van der Waals surface area contributed by atoms with Crippen LogP contribution in [0.3, 0.4) is 0 Å². The quantitative estimate of drug-likeness (QED) is 0.403. The molecule has 34 heavy (non-hydrogen) atoms. The van der Waals surface area contributed by atoms with Gasteiger partial charge in [-0.3, -0.25) is 14.3 Å². The molecule has 2 saturated heterocycles. The molecule has 2 fully saturated rings. The molecule has 0 bridgehead atoms. The van der Waals surface area contributed by atoms with Gasteiger partial charge in [0.1, 0.15) is 30.2 Å². The Morgan fingerprint density at radius 3 is 2.74 bits per heavy atom. The third-order valence-corrected chi connectivity index (χ3v) is 6.31. The fraction of sp³-hybridized carbons (Fsp3) is 0.739. The lowest BCUT2D eigenvalue weighted by molar-refractivity contribution is -0.198. The monoisotopic (exact) mass is 476 g/mol. The second-order valence-corrected chi connectivity index (χ2v) is 9.56. The van der Waals surface area contributed by atoms with Crippen molar-refractivity contribution in [2.24, 2.45) is 0 Å². The number of nitrogen functional groups attached to an aromatic ring is 1. The smallest absolute Gasteiger partial charge is 0.305 e. The summed E-state index contributed by atoms with van der Waals surface area (Å²) in [6, 6.07) is 0.306. The number of ether oxygens (including phenoxy) is 4. The van der Waals surface area contributed by atoms with Gasteiger partial charge in [0.2, 0.25) is 0 Å². The SMILES string of the molecule is CCOC(=O)CCCCN(C[C@H]1O[C@@H](n2cnc3c(N)ncnc32)[C@@H]2OC(C)(C)O[C@@H]21)C(C)C. The van der Waals surface area contributed by atoms with Gasteiger partial charge in [0.05, 0.1) is 12.9 Å². The van der Waals surface area contributed by atoms with E-state index in [2.05, 4.69) is 33.7 Å². The van der Waals surface area contributed by atoms with Crippen LogP contribution in [-0.2, 0) is 23.7 Å². The molecule has 11 heteroatoms. The zero-order valence-electron chi connectivity index (χ0n) is 20.6. The third-order valence-electron chi connectivity index (χ3n) is 6.31. The standard InChI is InChI=1S/C23H36N6O5/c1-6-31-16(30)9-7-8-10-28(14(2)3)11-15-18-19(34-23(4,5)33-18)22(32-15)29-13-27-17-20(24)25-12-26-21(17)29/h12-15,18-19,22H,6-11H2,1-5H3,(H2,24,25,26)/t15-,18-,19-,22-/m1/s1. The summed E-state index contributed by atoms with van der Waals surface area (Å²) < 4.78 is 26.0. The minimum absolute atomic E-state index is 0.140. The van der Waals surface area contributed by atoms with Crippen LogP contribution in [0.25, 0.3) is 11.2 Å². The lowest BCUT2D eigenvalue weighted by atomic mass is 10.1. The van der Waals surface area contributed by atoms with Crippen LogP contribution in [0.1, 0.15) is 60.1 Å². The molecule has 0 amide bonds. The average Bonchev–Trinajstić information content (AvgIpc) is 3.42. The zero-order valence-corrected chi connectivity index (χ0v) is 20.6. The Kier molecular flexibility index (Phi) is 7.36. The molecule has 0 radical (unpaired) electrons. The summed E-state index contributed by atoms with van der Waals surface area (Å²) in [5, 5.41) is 0. The summed E-state index contributed by atoms with van der Waals surface area (Å²) in [5.74, 6) is -0.533. The van der Waals surface area contributed by atoms with Gasteiger partial charge in [-0.2, -0.15) is 0 Å². The van der Waals surface area contributed by atoms with Crippen molar-refractivity contribution in [2.75, 3.05) is 25.4 Å². The van der Waals surface area contributed by atoms with Gasteiger partial charge in [-0.15, -0.1) is 0 Å². The molecule has 4 atom stereocenters. The number of fused-ring (bicyclic) bond motifs is 2. The van der Waals surface area contributed by atoms with Crippen molar-refractivity contribution >= 4 is 23.0 Å². The summed E-state index contributed by atoms with van der Waals surface area (Å²) in [4.78, 5) is 26.8. The van der Waals surface area contributed by atoms with Gasteiger partial charge < -0.3 is 24.7 Å². The molecule has 4 heterocycles. The maximum atomic E-state index is 11.6. The number of hydrogen-bond acceptors (Lipinski definition) is 10. The van der Waals surface area contributed by atoms with E-state index in [4.69, 9.17) is 24.7 Å². The van der Waals surface area contributed by atoms with E-state index >= 15 is 0 Å². The molecule has 0 aliphatic carbocycles. The molecule has 2 aromatic rings. The van der Waals surface area contributed by atoms with Crippen LogP contribution in [0.4, 0.5) is 5.82 Å². The summed E-state index contributed by atoms with van der Waals surface area (Å²) >= 11 is 0.